The van der Waals surface area contributed by atoms with E-state index in [1.807, 2.05) is 26.8 Å². The average Bonchev–Trinajstić information content (AvgIpc) is 1.65. The lowest BCUT2D eigenvalue weighted by Crippen LogP contribution is -2.22. The first kappa shape index (κ1) is 63.3. The molecule has 468 valence electrons. The molecule has 0 spiro atoms. The van der Waals surface area contributed by atoms with Gasteiger partial charge in [0.15, 0.2) is 0 Å². The monoisotopic (exact) mass is 1290 g/mol. The van der Waals surface area contributed by atoms with Crippen LogP contribution in [0.2, 0.25) is 0 Å². The van der Waals surface area contributed by atoms with Gasteiger partial charge in [-0.15, -0.1) is 0 Å². The van der Waals surface area contributed by atoms with Crippen molar-refractivity contribution in [3.8, 4) is 11.4 Å². The van der Waals surface area contributed by atoms with Gasteiger partial charge in [0, 0.05) is 24.0 Å². The molecule has 7 N–H and O–H groups in total. The molecule has 0 fully saturated rings. The Morgan fingerprint density at radius 2 is 0.867 bits per heavy atom. The van der Waals surface area contributed by atoms with Gasteiger partial charge in [0.1, 0.15) is 20.2 Å². The van der Waals surface area contributed by atoms with Gasteiger partial charge >= 0.3 is 0 Å². The highest BCUT2D eigenvalue weighted by Gasteiger charge is 2.29. The number of aromatic nitrogens is 4. The molecule has 9 aromatic rings. The Morgan fingerprint density at radius 1 is 0.456 bits per heavy atom. The second kappa shape index (κ2) is 25.5. The molecule has 0 aliphatic carbocycles. The average molecular weight is 1290 g/mol. The number of rotatable bonds is 21. The Labute approximate surface area is 523 Å². The summed E-state index contributed by atoms with van der Waals surface area (Å²) >= 11 is 0. The standard InChI is InChI=1S/C68H70N6O12S4/c1-42(47-11-19-55(20-12-47)87(75,76)77)37-52(39-54(51-17-25-58(26-18-51)90(84,85)86)40-53(50-15-23-57(24-16-50)89(81,82)83)38-43(2)48-13-21-56(22-14-48)88(78,79)80)49-9-7-46(8-10-49)41-74-67(65-28-6-45(4)70-65)35-36-68(74)66-34-33-64(73-66)63-32-31-62(72-63)61-30-29-60(71-61)59-27-5-44(3)69-59/h5-36,42-44,52-54,66,69-73H,37-41H2,1-4H3,(H,75,76,77)(H,78,79,80)(H,81,82,83)(H,84,85,86)/p-2/b60-59+,62-61+,64-63+. The number of aryl methyl sites for hydroxylation is 1. The van der Waals surface area contributed by atoms with Crippen LogP contribution in [0.4, 0.5) is 0 Å². The van der Waals surface area contributed by atoms with E-state index in [-0.39, 0.29) is 56.4 Å². The van der Waals surface area contributed by atoms with Crippen LogP contribution in [0.15, 0.2) is 214 Å². The van der Waals surface area contributed by atoms with Crippen LogP contribution in [0.1, 0.15) is 127 Å². The molecule has 22 heteroatoms. The Balaban J connectivity index is 0.946. The summed E-state index contributed by atoms with van der Waals surface area (Å²) in [5.41, 5.74) is 10.9. The molecule has 4 aromatic heterocycles. The van der Waals surface area contributed by atoms with Crippen LogP contribution >= 0.6 is 0 Å². The summed E-state index contributed by atoms with van der Waals surface area (Å²) in [7, 11) is -18.6. The van der Waals surface area contributed by atoms with Gasteiger partial charge in [-0.25, -0.2) is 16.8 Å². The molecule has 0 saturated carbocycles. The summed E-state index contributed by atoms with van der Waals surface area (Å²) in [4.78, 5) is 9.33. The van der Waals surface area contributed by atoms with Gasteiger partial charge in [-0.2, -0.15) is 16.8 Å². The second-order valence-electron chi connectivity index (χ2n) is 23.7. The number of aromatic amines is 3. The predicted octanol–water partition coefficient (Wildman–Crippen LogP) is 10.6. The molecule has 7 unspecified atom stereocenters. The maximum Gasteiger partial charge on any atom is 0.294 e. The molecule has 7 atom stereocenters. The summed E-state index contributed by atoms with van der Waals surface area (Å²) in [6.07, 6.45) is 10.2. The molecule has 6 heterocycles. The summed E-state index contributed by atoms with van der Waals surface area (Å²) in [5.74, 6) is -1.46. The number of benzene rings is 5. The molecule has 5 aromatic carbocycles. The number of nitrogens with one attached hydrogen (secondary N) is 5. The SMILES string of the molecule is Cc1ccc(-c2ccc(C3C=C/C(=c4/cc/c(=c5/cc/c(=C6/C=CC(C)N6)[nH]5)[nH]4)N3)n2Cc2ccc(C(CC(C)c3ccc(S(=O)(=O)O)cc3)CC(CC(CC(C)c3ccc(S(=O)(=O)[O-])cc3)c3ccc(S(=O)(=O)O)cc3)c3ccc(S(=O)(=O)[O-])cc3)cc2)[nH]1. The van der Waals surface area contributed by atoms with E-state index in [0.29, 0.717) is 43.4 Å². The molecular weight excluding hydrogens is 1220 g/mol. The van der Waals surface area contributed by atoms with Crippen LogP contribution in [0.3, 0.4) is 0 Å². The summed E-state index contributed by atoms with van der Waals surface area (Å²) in [6.45, 7) is 8.59. The number of nitrogens with zero attached hydrogens (tertiary/aromatic N) is 1. The van der Waals surface area contributed by atoms with Gasteiger partial charge < -0.3 is 39.3 Å². The Kier molecular flexibility index (Phi) is 17.9. The molecule has 0 saturated heterocycles. The zero-order valence-electron chi connectivity index (χ0n) is 49.6. The lowest BCUT2D eigenvalue weighted by atomic mass is 9.73. The predicted molar refractivity (Wildman–Crippen MR) is 341 cm³/mol. The van der Waals surface area contributed by atoms with Gasteiger partial charge in [-0.05, 0) is 212 Å². The molecule has 11 rings (SSSR count). The van der Waals surface area contributed by atoms with Gasteiger partial charge in [-0.1, -0.05) is 98.8 Å². The Morgan fingerprint density at radius 3 is 1.29 bits per heavy atom. The quantitative estimate of drug-likeness (QED) is 0.0329. The van der Waals surface area contributed by atoms with Crippen LogP contribution < -0.4 is 21.3 Å². The van der Waals surface area contributed by atoms with E-state index in [1.54, 1.807) is 48.5 Å². The first-order valence-electron chi connectivity index (χ1n) is 29.4. The minimum absolute atomic E-state index is 0.181. The van der Waals surface area contributed by atoms with E-state index in [4.69, 9.17) is 0 Å². The van der Waals surface area contributed by atoms with Crippen molar-refractivity contribution in [2.75, 3.05) is 0 Å². The second-order valence-corrected chi connectivity index (χ2v) is 29.3. The lowest BCUT2D eigenvalue weighted by Gasteiger charge is -2.31. The fraction of sp³-hybridized carbons (Fsp3) is 0.235. The normalized spacial score (nSPS) is 18.7. The lowest BCUT2D eigenvalue weighted by molar-refractivity contribution is 0.413. The van der Waals surface area contributed by atoms with Gasteiger partial charge in [0.05, 0.1) is 69.8 Å². The molecule has 2 aliphatic heterocycles. The van der Waals surface area contributed by atoms with E-state index < -0.39 is 45.4 Å². The Bertz CT molecular complexity index is 4880. The maximum atomic E-state index is 12.3. The third-order valence-corrected chi connectivity index (χ3v) is 20.8. The smallest absolute Gasteiger partial charge is 0.294 e. The van der Waals surface area contributed by atoms with Crippen molar-refractivity contribution in [3.05, 3.63) is 260 Å². The van der Waals surface area contributed by atoms with Crippen molar-refractivity contribution >= 4 is 51.9 Å². The third kappa shape index (κ3) is 14.6. The van der Waals surface area contributed by atoms with E-state index >= 15 is 0 Å². The van der Waals surface area contributed by atoms with Crippen molar-refractivity contribution < 1.29 is 51.9 Å². The number of H-pyrrole nitrogens is 3. The first-order chi connectivity index (χ1) is 42.7. The van der Waals surface area contributed by atoms with Crippen LogP contribution in [0.25, 0.3) is 22.8 Å². The third-order valence-electron chi connectivity index (χ3n) is 17.4. The van der Waals surface area contributed by atoms with Crippen LogP contribution in [-0.4, -0.2) is 77.4 Å². The van der Waals surface area contributed by atoms with Gasteiger partial charge in [0.25, 0.3) is 20.2 Å². The highest BCUT2D eigenvalue weighted by Crippen LogP contribution is 2.45. The van der Waals surface area contributed by atoms with Crippen molar-refractivity contribution in [1.82, 2.24) is 30.2 Å². The van der Waals surface area contributed by atoms with Crippen LogP contribution in [0, 0.1) is 17.6 Å². The van der Waals surface area contributed by atoms with Crippen molar-refractivity contribution in [2.45, 2.75) is 121 Å². The minimum Gasteiger partial charge on any atom is -0.744 e. The summed E-state index contributed by atoms with van der Waals surface area (Å²) in [6, 6.07) is 48.7. The fourth-order valence-electron chi connectivity index (χ4n) is 12.5. The van der Waals surface area contributed by atoms with Crippen molar-refractivity contribution in [2.24, 2.45) is 0 Å². The zero-order chi connectivity index (χ0) is 63.9. The fourth-order valence-corrected chi connectivity index (χ4v) is 14.4. The first-order valence-corrected chi connectivity index (χ1v) is 35.1. The molecule has 18 nitrogen and oxygen atoms in total. The van der Waals surface area contributed by atoms with E-state index in [1.165, 1.54) is 48.5 Å². The Hall–Kier alpha value is -8.32. The van der Waals surface area contributed by atoms with Crippen LogP contribution in [-0.2, 0) is 47.0 Å². The number of hydrogen-bond acceptors (Lipinski definition) is 12. The number of hydrogen-bond donors (Lipinski definition) is 7. The van der Waals surface area contributed by atoms with E-state index in [2.05, 4.69) is 128 Å². The van der Waals surface area contributed by atoms with Gasteiger partial charge in [-0.3, -0.25) is 9.11 Å². The largest absolute Gasteiger partial charge is 0.744 e. The topological polar surface area (TPSA) is 300 Å². The minimum atomic E-state index is -4.83. The molecule has 0 amide bonds. The van der Waals surface area contributed by atoms with Gasteiger partial charge in [0.2, 0.25) is 0 Å². The highest BCUT2D eigenvalue weighted by molar-refractivity contribution is 7.86. The van der Waals surface area contributed by atoms with Crippen molar-refractivity contribution in [1.29, 1.82) is 0 Å². The summed E-state index contributed by atoms with van der Waals surface area (Å²) in [5, 5.41) is 11.1. The molecule has 90 heavy (non-hydrogen) atoms. The molecular formula is C68H68N6O12S4-2. The maximum absolute atomic E-state index is 12.3. The summed E-state index contributed by atoms with van der Waals surface area (Å²) < 4.78 is 144. The van der Waals surface area contributed by atoms with E-state index in [0.717, 1.165) is 77.8 Å². The molecule has 0 radical (unpaired) electrons. The highest BCUT2D eigenvalue weighted by atomic mass is 32.2. The molecule has 2 aliphatic rings. The van der Waals surface area contributed by atoms with Crippen LogP contribution in [0.5, 0.6) is 0 Å². The van der Waals surface area contributed by atoms with Crippen molar-refractivity contribution in [3.63, 3.8) is 0 Å². The molecule has 0 bridgehead atoms. The zero-order valence-corrected chi connectivity index (χ0v) is 52.9. The van der Waals surface area contributed by atoms with E-state index in [9.17, 15) is 51.9 Å².